The first-order valence-corrected chi connectivity index (χ1v) is 7.72. The predicted molar refractivity (Wildman–Crippen MR) is 84.9 cm³/mol. The van der Waals surface area contributed by atoms with E-state index in [1.54, 1.807) is 18.2 Å². The van der Waals surface area contributed by atoms with E-state index in [4.69, 9.17) is 16.3 Å². The van der Waals surface area contributed by atoms with Crippen LogP contribution in [-0.2, 0) is 4.79 Å². The van der Waals surface area contributed by atoms with Gasteiger partial charge in [-0.15, -0.1) is 0 Å². The Morgan fingerprint density at radius 2 is 2.33 bits per heavy atom. The Balaban J connectivity index is 1.83. The number of rotatable bonds is 5. The van der Waals surface area contributed by atoms with Crippen molar-refractivity contribution < 1.29 is 9.53 Å². The van der Waals surface area contributed by atoms with Crippen molar-refractivity contribution in [2.24, 2.45) is 11.0 Å². The molecule has 1 aromatic rings. The fraction of sp³-hybridized carbons (Fsp3) is 0.500. The van der Waals surface area contributed by atoms with Crippen LogP contribution in [0.4, 0.5) is 0 Å². The predicted octanol–water partition coefficient (Wildman–Crippen LogP) is 3.71. The fourth-order valence-corrected chi connectivity index (χ4v) is 2.80. The van der Waals surface area contributed by atoms with Crippen molar-refractivity contribution in [3.63, 3.8) is 0 Å². The smallest absolute Gasteiger partial charge is 0.277 e. The Morgan fingerprint density at radius 3 is 3.05 bits per heavy atom. The molecule has 1 aliphatic rings. The van der Waals surface area contributed by atoms with Gasteiger partial charge in [0, 0.05) is 10.7 Å². The SMILES string of the molecule is CCC1CCC/C1=N\NC(=O)COc1ccc(Cl)cc1C. The topological polar surface area (TPSA) is 50.7 Å². The fourth-order valence-electron chi connectivity index (χ4n) is 2.57. The highest BCUT2D eigenvalue weighted by molar-refractivity contribution is 6.30. The molecule has 0 radical (unpaired) electrons. The van der Waals surface area contributed by atoms with Gasteiger partial charge in [-0.05, 0) is 62.3 Å². The van der Waals surface area contributed by atoms with Crippen molar-refractivity contribution in [1.29, 1.82) is 0 Å². The van der Waals surface area contributed by atoms with E-state index in [1.807, 2.05) is 6.92 Å². The zero-order chi connectivity index (χ0) is 15.2. The lowest BCUT2D eigenvalue weighted by Crippen LogP contribution is -2.26. The number of hydrogen-bond acceptors (Lipinski definition) is 3. The summed E-state index contributed by atoms with van der Waals surface area (Å²) in [5.41, 5.74) is 4.60. The van der Waals surface area contributed by atoms with Gasteiger partial charge in [-0.1, -0.05) is 18.5 Å². The van der Waals surface area contributed by atoms with Crippen molar-refractivity contribution in [3.8, 4) is 5.75 Å². The van der Waals surface area contributed by atoms with Crippen LogP contribution in [0.1, 0.15) is 38.2 Å². The number of nitrogens with zero attached hydrogens (tertiary/aromatic N) is 1. The molecule has 1 aromatic carbocycles. The van der Waals surface area contributed by atoms with Crippen LogP contribution in [0.5, 0.6) is 5.75 Å². The summed E-state index contributed by atoms with van der Waals surface area (Å²) in [6.07, 6.45) is 4.39. The van der Waals surface area contributed by atoms with Gasteiger partial charge in [-0.25, -0.2) is 5.43 Å². The monoisotopic (exact) mass is 308 g/mol. The average Bonchev–Trinajstić information content (AvgIpc) is 2.91. The maximum atomic E-state index is 11.8. The zero-order valence-corrected chi connectivity index (χ0v) is 13.2. The van der Waals surface area contributed by atoms with E-state index in [1.165, 1.54) is 6.42 Å². The minimum Gasteiger partial charge on any atom is -0.483 e. The second kappa shape index (κ2) is 7.46. The summed E-state index contributed by atoms with van der Waals surface area (Å²) < 4.78 is 5.48. The molecule has 114 valence electrons. The van der Waals surface area contributed by atoms with Gasteiger partial charge in [-0.3, -0.25) is 4.79 Å². The molecule has 5 heteroatoms. The lowest BCUT2D eigenvalue weighted by Gasteiger charge is -2.10. The summed E-state index contributed by atoms with van der Waals surface area (Å²) in [6, 6.07) is 5.31. The van der Waals surface area contributed by atoms with Gasteiger partial charge >= 0.3 is 0 Å². The average molecular weight is 309 g/mol. The second-order valence-corrected chi connectivity index (χ2v) is 5.77. The number of carbonyl (C=O) groups excluding carboxylic acids is 1. The molecule has 21 heavy (non-hydrogen) atoms. The first kappa shape index (κ1) is 15.8. The number of hydrazone groups is 1. The summed E-state index contributed by atoms with van der Waals surface area (Å²) in [5.74, 6) is 0.942. The molecule has 0 spiro atoms. The van der Waals surface area contributed by atoms with E-state index in [2.05, 4.69) is 17.5 Å². The van der Waals surface area contributed by atoms with Crippen LogP contribution in [0.2, 0.25) is 5.02 Å². The molecule has 1 N–H and O–H groups in total. The summed E-state index contributed by atoms with van der Waals surface area (Å²) in [5, 5.41) is 4.90. The molecule has 1 aliphatic carbocycles. The summed E-state index contributed by atoms with van der Waals surface area (Å²) in [7, 11) is 0. The highest BCUT2D eigenvalue weighted by Crippen LogP contribution is 2.25. The molecular formula is C16H21ClN2O2. The largest absolute Gasteiger partial charge is 0.483 e. The van der Waals surface area contributed by atoms with E-state index < -0.39 is 0 Å². The molecule has 4 nitrogen and oxygen atoms in total. The Hall–Kier alpha value is -1.55. The maximum absolute atomic E-state index is 11.8. The van der Waals surface area contributed by atoms with E-state index in [0.717, 1.165) is 30.5 Å². The van der Waals surface area contributed by atoms with Gasteiger partial charge in [0.1, 0.15) is 5.75 Å². The van der Waals surface area contributed by atoms with E-state index in [-0.39, 0.29) is 12.5 Å². The van der Waals surface area contributed by atoms with Crippen LogP contribution in [0.15, 0.2) is 23.3 Å². The Morgan fingerprint density at radius 1 is 1.52 bits per heavy atom. The van der Waals surface area contributed by atoms with Crippen molar-refractivity contribution in [3.05, 3.63) is 28.8 Å². The Kier molecular flexibility index (Phi) is 5.62. The second-order valence-electron chi connectivity index (χ2n) is 5.33. The first-order valence-electron chi connectivity index (χ1n) is 7.34. The quantitative estimate of drug-likeness (QED) is 0.843. The van der Waals surface area contributed by atoms with Gasteiger partial charge in [0.25, 0.3) is 5.91 Å². The summed E-state index contributed by atoms with van der Waals surface area (Å²) >= 11 is 5.88. The number of nitrogens with one attached hydrogen (secondary N) is 1. The van der Waals surface area contributed by atoms with E-state index in [0.29, 0.717) is 16.7 Å². The Labute approximate surface area is 130 Å². The van der Waals surface area contributed by atoms with Crippen LogP contribution in [0.3, 0.4) is 0 Å². The van der Waals surface area contributed by atoms with Crippen LogP contribution in [-0.4, -0.2) is 18.2 Å². The number of hydrogen-bond donors (Lipinski definition) is 1. The third-order valence-corrected chi connectivity index (χ3v) is 4.00. The molecule has 0 aromatic heterocycles. The highest BCUT2D eigenvalue weighted by atomic mass is 35.5. The molecule has 0 aliphatic heterocycles. The van der Waals surface area contributed by atoms with Gasteiger partial charge in [-0.2, -0.15) is 5.10 Å². The number of halogens is 1. The molecule has 2 rings (SSSR count). The van der Waals surface area contributed by atoms with Gasteiger partial charge in [0.2, 0.25) is 0 Å². The van der Waals surface area contributed by atoms with E-state index in [9.17, 15) is 4.79 Å². The number of benzene rings is 1. The lowest BCUT2D eigenvalue weighted by molar-refractivity contribution is -0.123. The maximum Gasteiger partial charge on any atom is 0.277 e. The lowest BCUT2D eigenvalue weighted by atomic mass is 10.0. The van der Waals surface area contributed by atoms with Gasteiger partial charge in [0.15, 0.2) is 6.61 Å². The number of aryl methyl sites for hydroxylation is 1. The summed E-state index contributed by atoms with van der Waals surface area (Å²) in [6.45, 7) is 4.00. The molecule has 1 amide bonds. The molecule has 1 saturated carbocycles. The van der Waals surface area contributed by atoms with Crippen molar-refractivity contribution in [1.82, 2.24) is 5.43 Å². The molecular weight excluding hydrogens is 288 g/mol. The van der Waals surface area contributed by atoms with Crippen molar-refractivity contribution in [2.75, 3.05) is 6.61 Å². The number of ether oxygens (including phenoxy) is 1. The van der Waals surface area contributed by atoms with E-state index >= 15 is 0 Å². The van der Waals surface area contributed by atoms with Crippen LogP contribution < -0.4 is 10.2 Å². The van der Waals surface area contributed by atoms with Crippen LogP contribution >= 0.6 is 11.6 Å². The number of carbonyl (C=O) groups is 1. The molecule has 0 bridgehead atoms. The zero-order valence-electron chi connectivity index (χ0n) is 12.5. The molecule has 1 fully saturated rings. The standard InChI is InChI=1S/C16H21ClN2O2/c1-3-12-5-4-6-14(12)18-19-16(20)10-21-15-8-7-13(17)9-11(15)2/h7-9,12H,3-6,10H2,1-2H3,(H,19,20)/b18-14+. The Bertz CT molecular complexity index is 543. The number of amides is 1. The minimum absolute atomic E-state index is 0.0456. The molecule has 0 heterocycles. The molecule has 1 unspecified atom stereocenters. The molecule has 1 atom stereocenters. The third kappa shape index (κ3) is 4.46. The van der Waals surface area contributed by atoms with Gasteiger partial charge in [0.05, 0.1) is 0 Å². The normalized spacial score (nSPS) is 19.8. The summed E-state index contributed by atoms with van der Waals surface area (Å²) in [4.78, 5) is 11.8. The van der Waals surface area contributed by atoms with Crippen LogP contribution in [0, 0.1) is 12.8 Å². The first-order chi connectivity index (χ1) is 10.1. The highest BCUT2D eigenvalue weighted by Gasteiger charge is 2.20. The van der Waals surface area contributed by atoms with Gasteiger partial charge < -0.3 is 4.74 Å². The third-order valence-electron chi connectivity index (χ3n) is 3.77. The van der Waals surface area contributed by atoms with Crippen molar-refractivity contribution >= 4 is 23.2 Å². The van der Waals surface area contributed by atoms with Crippen LogP contribution in [0.25, 0.3) is 0 Å². The molecule has 0 saturated heterocycles. The van der Waals surface area contributed by atoms with Crippen molar-refractivity contribution in [2.45, 2.75) is 39.5 Å². The minimum atomic E-state index is -0.237.